The minimum atomic E-state index is -0.756. The number of carboxylic acid groups (broad SMARTS) is 1. The molecule has 1 N–H and O–H groups in total. The zero-order chi connectivity index (χ0) is 20.7. The molecule has 3 nitrogen and oxygen atoms in total. The number of allylic oxidation sites excluding steroid dienone is 6. The molecule has 1 aromatic carbocycles. The van der Waals surface area contributed by atoms with Gasteiger partial charge in [0.2, 0.25) is 0 Å². The number of aryl methyl sites for hydroxylation is 1. The highest BCUT2D eigenvalue weighted by molar-refractivity contribution is 5.88. The Kier molecular flexibility index (Phi) is 5.20. The van der Waals surface area contributed by atoms with Crippen LogP contribution in [0.25, 0.3) is 10.9 Å². The molecule has 2 aliphatic carbocycles. The smallest absolute Gasteiger partial charge is 0.304 e. The Morgan fingerprint density at radius 1 is 1.28 bits per heavy atom. The highest BCUT2D eigenvalue weighted by Crippen LogP contribution is 2.49. The van der Waals surface area contributed by atoms with Crippen molar-refractivity contribution in [3.63, 3.8) is 0 Å². The van der Waals surface area contributed by atoms with Gasteiger partial charge >= 0.3 is 5.97 Å². The number of halogens is 1. The van der Waals surface area contributed by atoms with E-state index in [1.165, 1.54) is 22.6 Å². The molecule has 0 spiro atoms. The predicted octanol–water partition coefficient (Wildman–Crippen LogP) is 6.33. The number of hydrogen-bond acceptors (Lipinski definition) is 1. The van der Waals surface area contributed by atoms with Gasteiger partial charge in [-0.15, -0.1) is 0 Å². The Labute approximate surface area is 171 Å². The first-order valence-corrected chi connectivity index (χ1v) is 10.4. The van der Waals surface area contributed by atoms with Crippen molar-refractivity contribution < 1.29 is 14.3 Å². The average Bonchev–Trinajstić information content (AvgIpc) is 2.82. The normalized spacial score (nSPS) is 23.9. The van der Waals surface area contributed by atoms with E-state index in [9.17, 15) is 14.3 Å². The Hall–Kier alpha value is -2.62. The maximum atomic E-state index is 13.7. The van der Waals surface area contributed by atoms with E-state index in [0.29, 0.717) is 5.92 Å². The number of aliphatic carboxylic acids is 1. The molecular weight excluding hydrogens is 365 g/mol. The van der Waals surface area contributed by atoms with Crippen LogP contribution in [0.15, 0.2) is 54.4 Å². The van der Waals surface area contributed by atoms with Crippen LogP contribution in [0.2, 0.25) is 0 Å². The first kappa shape index (κ1) is 19.7. The van der Waals surface area contributed by atoms with E-state index in [1.807, 2.05) is 13.1 Å². The van der Waals surface area contributed by atoms with Crippen LogP contribution in [0.4, 0.5) is 4.39 Å². The molecule has 2 aromatic rings. The molecule has 0 bridgehead atoms. The summed E-state index contributed by atoms with van der Waals surface area (Å²) < 4.78 is 15.9. The van der Waals surface area contributed by atoms with Crippen LogP contribution in [-0.2, 0) is 11.8 Å². The lowest BCUT2D eigenvalue weighted by atomic mass is 9.72. The van der Waals surface area contributed by atoms with Crippen molar-refractivity contribution in [2.45, 2.75) is 50.9 Å². The van der Waals surface area contributed by atoms with Crippen molar-refractivity contribution in [2.24, 2.45) is 13.0 Å². The lowest BCUT2D eigenvalue weighted by Crippen LogP contribution is -2.22. The van der Waals surface area contributed by atoms with E-state index < -0.39 is 5.97 Å². The van der Waals surface area contributed by atoms with Gasteiger partial charge in [0, 0.05) is 35.5 Å². The molecule has 1 aromatic heterocycles. The number of carboxylic acids is 1. The van der Waals surface area contributed by atoms with Gasteiger partial charge in [-0.3, -0.25) is 4.79 Å². The van der Waals surface area contributed by atoms with Gasteiger partial charge in [0.15, 0.2) is 0 Å². The van der Waals surface area contributed by atoms with Gasteiger partial charge in [-0.2, -0.15) is 0 Å². The third-order valence-corrected chi connectivity index (χ3v) is 6.51. The van der Waals surface area contributed by atoms with Crippen molar-refractivity contribution in [3.05, 3.63) is 71.2 Å². The van der Waals surface area contributed by atoms with Crippen molar-refractivity contribution >= 4 is 16.9 Å². The fraction of sp³-hybridized carbons (Fsp3) is 0.400. The molecule has 3 atom stereocenters. The average molecular weight is 394 g/mol. The third kappa shape index (κ3) is 3.57. The van der Waals surface area contributed by atoms with Gasteiger partial charge in [-0.25, -0.2) is 4.39 Å². The molecule has 1 heterocycles. The van der Waals surface area contributed by atoms with E-state index in [0.717, 1.165) is 24.1 Å². The van der Waals surface area contributed by atoms with Gasteiger partial charge < -0.3 is 9.67 Å². The first-order valence-electron chi connectivity index (χ1n) is 10.4. The molecule has 0 saturated carbocycles. The minimum absolute atomic E-state index is 0.00671. The van der Waals surface area contributed by atoms with E-state index in [4.69, 9.17) is 0 Å². The first-order chi connectivity index (χ1) is 13.9. The largest absolute Gasteiger partial charge is 0.481 e. The maximum absolute atomic E-state index is 13.7. The van der Waals surface area contributed by atoms with Gasteiger partial charge in [-0.1, -0.05) is 38.1 Å². The Bertz CT molecular complexity index is 1040. The summed E-state index contributed by atoms with van der Waals surface area (Å²) in [5.41, 5.74) is 4.82. The number of rotatable bonds is 4. The summed E-state index contributed by atoms with van der Waals surface area (Å²) >= 11 is 0. The second kappa shape index (κ2) is 7.66. The predicted molar refractivity (Wildman–Crippen MR) is 115 cm³/mol. The van der Waals surface area contributed by atoms with E-state index in [2.05, 4.69) is 42.7 Å². The fourth-order valence-corrected chi connectivity index (χ4v) is 5.08. The molecule has 3 unspecified atom stereocenters. The molecular formula is C25H28FNO2. The monoisotopic (exact) mass is 393 g/mol. The van der Waals surface area contributed by atoms with Crippen LogP contribution in [0.5, 0.6) is 0 Å². The molecule has 152 valence electrons. The summed E-state index contributed by atoms with van der Waals surface area (Å²) in [6, 6.07) is 6.61. The van der Waals surface area contributed by atoms with Crippen molar-refractivity contribution in [3.8, 4) is 0 Å². The molecule has 2 aliphatic rings. The maximum Gasteiger partial charge on any atom is 0.304 e. The summed E-state index contributed by atoms with van der Waals surface area (Å²) in [6.45, 7) is 4.37. The molecule has 0 saturated heterocycles. The SMILES string of the molecule is CC(C)c1ccc2c(c1)c1c(n2C)C(CC(=O)O)CCC1C1C=CC=C(F)C=C1. The lowest BCUT2D eigenvalue weighted by molar-refractivity contribution is -0.137. The van der Waals surface area contributed by atoms with E-state index >= 15 is 0 Å². The zero-order valence-electron chi connectivity index (χ0n) is 17.2. The molecule has 0 radical (unpaired) electrons. The van der Waals surface area contributed by atoms with E-state index in [-0.39, 0.29) is 30.0 Å². The van der Waals surface area contributed by atoms with Gasteiger partial charge in [0.05, 0.1) is 6.42 Å². The fourth-order valence-electron chi connectivity index (χ4n) is 5.08. The summed E-state index contributed by atoms with van der Waals surface area (Å²) in [7, 11) is 2.05. The molecule has 0 aliphatic heterocycles. The second-order valence-corrected chi connectivity index (χ2v) is 8.64. The third-order valence-electron chi connectivity index (χ3n) is 6.51. The number of aromatic nitrogens is 1. The molecule has 29 heavy (non-hydrogen) atoms. The van der Waals surface area contributed by atoms with Crippen molar-refractivity contribution in [1.29, 1.82) is 0 Å². The van der Waals surface area contributed by atoms with Gasteiger partial charge in [0.25, 0.3) is 0 Å². The van der Waals surface area contributed by atoms with Crippen LogP contribution >= 0.6 is 0 Å². The van der Waals surface area contributed by atoms with Crippen LogP contribution in [0.3, 0.4) is 0 Å². The summed E-state index contributed by atoms with van der Waals surface area (Å²) in [5.74, 6) is -0.253. The number of hydrogen-bond donors (Lipinski definition) is 1. The quantitative estimate of drug-likeness (QED) is 0.659. The number of nitrogens with zero attached hydrogens (tertiary/aromatic N) is 1. The van der Waals surface area contributed by atoms with Crippen LogP contribution in [0.1, 0.15) is 67.7 Å². The summed E-state index contributed by atoms with van der Waals surface area (Å²) in [6.07, 6.45) is 10.7. The Morgan fingerprint density at radius 3 is 2.79 bits per heavy atom. The number of carbonyl (C=O) groups is 1. The Balaban J connectivity index is 1.91. The van der Waals surface area contributed by atoms with Gasteiger partial charge in [0.1, 0.15) is 5.83 Å². The highest BCUT2D eigenvalue weighted by Gasteiger charge is 2.36. The topological polar surface area (TPSA) is 42.2 Å². The van der Waals surface area contributed by atoms with E-state index in [1.54, 1.807) is 12.2 Å². The van der Waals surface area contributed by atoms with Gasteiger partial charge in [-0.05, 0) is 60.1 Å². The van der Waals surface area contributed by atoms with Crippen LogP contribution in [-0.4, -0.2) is 15.6 Å². The Morgan fingerprint density at radius 2 is 2.07 bits per heavy atom. The highest BCUT2D eigenvalue weighted by atomic mass is 19.1. The molecule has 0 amide bonds. The van der Waals surface area contributed by atoms with Crippen molar-refractivity contribution in [1.82, 2.24) is 4.57 Å². The second-order valence-electron chi connectivity index (χ2n) is 8.64. The minimum Gasteiger partial charge on any atom is -0.481 e. The zero-order valence-corrected chi connectivity index (χ0v) is 17.2. The molecule has 4 rings (SSSR count). The molecule has 0 fully saturated rings. The number of fused-ring (bicyclic) bond motifs is 3. The molecule has 4 heteroatoms. The van der Waals surface area contributed by atoms with Crippen LogP contribution in [0, 0.1) is 5.92 Å². The summed E-state index contributed by atoms with van der Waals surface area (Å²) in [4.78, 5) is 11.5. The lowest BCUT2D eigenvalue weighted by Gasteiger charge is -2.32. The standard InChI is InChI=1S/C25H28FNO2/c1-15(2)17-9-12-22-21(13-17)24-20(16-5-4-6-19(26)10-7-16)11-8-18(14-23(28)29)25(24)27(22)3/h4-7,9-10,12-13,15-16,18,20H,8,11,14H2,1-3H3,(H,28,29). The summed E-state index contributed by atoms with van der Waals surface area (Å²) in [5, 5.41) is 10.7. The van der Waals surface area contributed by atoms with Crippen molar-refractivity contribution in [2.75, 3.05) is 0 Å². The van der Waals surface area contributed by atoms with Crippen LogP contribution < -0.4 is 0 Å². The number of benzene rings is 1.